The number of fused-ring (bicyclic) bond motifs is 5. The second kappa shape index (κ2) is 9.54. The molecule has 2 aliphatic rings. The molecular weight excluding hydrogens is 516 g/mol. The molecule has 4 aromatic rings. The zero-order valence-corrected chi connectivity index (χ0v) is 22.4. The molecule has 6 rings (SSSR count). The number of Topliss-reactive ketones (excluding diaryl/α,β-unsaturated/α-hetero) is 1. The highest BCUT2D eigenvalue weighted by Gasteiger charge is 2.33. The number of pyridine rings is 1. The van der Waals surface area contributed by atoms with Crippen LogP contribution in [0.5, 0.6) is 0 Å². The van der Waals surface area contributed by atoms with Crippen LogP contribution < -0.4 is 4.90 Å². The summed E-state index contributed by atoms with van der Waals surface area (Å²) in [7, 11) is 0. The van der Waals surface area contributed by atoms with Crippen molar-refractivity contribution in [3.63, 3.8) is 0 Å². The molecule has 0 unspecified atom stereocenters. The van der Waals surface area contributed by atoms with E-state index >= 15 is 0 Å². The molecule has 1 fully saturated rings. The van der Waals surface area contributed by atoms with Crippen LogP contribution in [0.2, 0.25) is 5.02 Å². The first kappa shape index (κ1) is 24.1. The smallest absolute Gasteiger partial charge is 0.173 e. The highest BCUT2D eigenvalue weighted by Crippen LogP contribution is 2.44. The van der Waals surface area contributed by atoms with Gasteiger partial charge in [-0.15, -0.1) is 11.3 Å². The molecule has 0 bridgehead atoms. The highest BCUT2D eigenvalue weighted by atomic mass is 35.5. The van der Waals surface area contributed by atoms with Gasteiger partial charge in [-0.3, -0.25) is 4.79 Å². The summed E-state index contributed by atoms with van der Waals surface area (Å²) in [6, 6.07) is 6.99. The molecule has 5 heterocycles. The molecule has 1 aromatic carbocycles. The fraction of sp³-hybridized carbons (Fsp3) is 0.385. The predicted molar refractivity (Wildman–Crippen MR) is 145 cm³/mol. The number of hydrogen-bond donors (Lipinski definition) is 0. The van der Waals surface area contributed by atoms with Gasteiger partial charge in [0.2, 0.25) is 0 Å². The first-order chi connectivity index (χ1) is 17.4. The van der Waals surface area contributed by atoms with Crippen molar-refractivity contribution in [2.75, 3.05) is 37.0 Å². The molecule has 10 heteroatoms. The summed E-state index contributed by atoms with van der Waals surface area (Å²) in [6.45, 7) is 7.80. The number of anilines is 1. The van der Waals surface area contributed by atoms with Crippen LogP contribution >= 0.6 is 34.7 Å². The fourth-order valence-corrected chi connectivity index (χ4v) is 7.01. The number of carbonyl (C=O) groups excluding carboxylic acids is 1. The molecule has 186 valence electrons. The molecule has 7 nitrogen and oxygen atoms in total. The van der Waals surface area contributed by atoms with Gasteiger partial charge < -0.3 is 14.4 Å². The molecule has 0 saturated carbocycles. The standard InChI is InChI=1S/C26H25ClN4O3S2/c1-26(2)11-17-18(12-34-26)23(31-7-9-33-10-8-31)30-24-20(17)21-22(36-24)25(29-14-28-21)35-13-19(32)15-3-5-16(27)6-4-15/h3-6,14H,7-13H2,1-2H3. The summed E-state index contributed by atoms with van der Waals surface area (Å²) in [5.74, 6) is 1.31. The molecule has 0 amide bonds. The lowest BCUT2D eigenvalue weighted by Crippen LogP contribution is -2.39. The van der Waals surface area contributed by atoms with Crippen molar-refractivity contribution in [3.05, 3.63) is 52.3 Å². The van der Waals surface area contributed by atoms with E-state index in [1.807, 2.05) is 0 Å². The summed E-state index contributed by atoms with van der Waals surface area (Å²) < 4.78 is 12.8. The molecule has 1 saturated heterocycles. The van der Waals surface area contributed by atoms with Crippen LogP contribution in [0.25, 0.3) is 20.4 Å². The van der Waals surface area contributed by atoms with Crippen LogP contribution in [-0.2, 0) is 22.5 Å². The lowest BCUT2D eigenvalue weighted by atomic mass is 9.90. The number of rotatable bonds is 5. The molecule has 0 radical (unpaired) electrons. The van der Waals surface area contributed by atoms with Crippen molar-refractivity contribution in [1.29, 1.82) is 0 Å². The van der Waals surface area contributed by atoms with Gasteiger partial charge in [-0.05, 0) is 43.7 Å². The number of nitrogens with zero attached hydrogens (tertiary/aromatic N) is 4. The summed E-state index contributed by atoms with van der Waals surface area (Å²) >= 11 is 9.01. The third kappa shape index (κ3) is 4.48. The lowest BCUT2D eigenvalue weighted by Gasteiger charge is -2.36. The Bertz CT molecular complexity index is 1470. The number of benzene rings is 1. The van der Waals surface area contributed by atoms with Gasteiger partial charge in [-0.25, -0.2) is 15.0 Å². The molecule has 0 N–H and O–H groups in total. The second-order valence-electron chi connectivity index (χ2n) is 9.57. The quantitative estimate of drug-likeness (QED) is 0.185. The SMILES string of the molecule is CC1(C)Cc2c(c(N3CCOCC3)nc3sc4c(SCC(=O)c5ccc(Cl)cc5)ncnc4c23)CO1. The summed E-state index contributed by atoms with van der Waals surface area (Å²) in [4.78, 5) is 30.4. The molecular formula is C26H25ClN4O3S2. The molecule has 2 aliphatic heterocycles. The highest BCUT2D eigenvalue weighted by molar-refractivity contribution is 8.00. The lowest BCUT2D eigenvalue weighted by molar-refractivity contribution is -0.0396. The average molecular weight is 541 g/mol. The van der Waals surface area contributed by atoms with Gasteiger partial charge in [0, 0.05) is 41.0 Å². The van der Waals surface area contributed by atoms with E-state index in [1.54, 1.807) is 41.9 Å². The first-order valence-electron chi connectivity index (χ1n) is 11.9. The van der Waals surface area contributed by atoms with Crippen molar-refractivity contribution in [3.8, 4) is 0 Å². The number of morpholine rings is 1. The van der Waals surface area contributed by atoms with E-state index in [0.717, 1.165) is 56.4 Å². The van der Waals surface area contributed by atoms with Crippen LogP contribution in [-0.4, -0.2) is 58.4 Å². The molecule has 3 aromatic heterocycles. The monoisotopic (exact) mass is 540 g/mol. The van der Waals surface area contributed by atoms with Gasteiger partial charge in [-0.1, -0.05) is 23.4 Å². The second-order valence-corrected chi connectivity index (χ2v) is 12.0. The number of halogens is 1. The van der Waals surface area contributed by atoms with E-state index < -0.39 is 0 Å². The topological polar surface area (TPSA) is 77.4 Å². The van der Waals surface area contributed by atoms with Crippen LogP contribution in [0.4, 0.5) is 5.82 Å². The van der Waals surface area contributed by atoms with Gasteiger partial charge in [-0.2, -0.15) is 0 Å². The van der Waals surface area contributed by atoms with E-state index in [9.17, 15) is 4.79 Å². The Labute approximate surface area is 222 Å². The maximum Gasteiger partial charge on any atom is 0.173 e. The maximum absolute atomic E-state index is 12.8. The third-order valence-electron chi connectivity index (χ3n) is 6.59. The van der Waals surface area contributed by atoms with Crippen molar-refractivity contribution in [2.45, 2.75) is 37.5 Å². The Morgan fingerprint density at radius 1 is 1.17 bits per heavy atom. The Kier molecular flexibility index (Phi) is 6.37. The number of thiophene rings is 1. The van der Waals surface area contributed by atoms with E-state index in [-0.39, 0.29) is 17.1 Å². The molecule has 0 atom stereocenters. The number of ketones is 1. The van der Waals surface area contributed by atoms with E-state index in [1.165, 1.54) is 17.3 Å². The van der Waals surface area contributed by atoms with Gasteiger partial charge in [0.15, 0.2) is 5.78 Å². The summed E-state index contributed by atoms with van der Waals surface area (Å²) in [6.07, 6.45) is 2.38. The largest absolute Gasteiger partial charge is 0.378 e. The van der Waals surface area contributed by atoms with Crippen LogP contribution in [0, 0.1) is 0 Å². The Balaban J connectivity index is 1.42. The zero-order chi connectivity index (χ0) is 24.9. The number of hydrogen-bond acceptors (Lipinski definition) is 9. The Morgan fingerprint density at radius 3 is 2.72 bits per heavy atom. The molecule has 36 heavy (non-hydrogen) atoms. The first-order valence-corrected chi connectivity index (χ1v) is 14.0. The van der Waals surface area contributed by atoms with Crippen LogP contribution in [0.15, 0.2) is 35.6 Å². The van der Waals surface area contributed by atoms with Crippen LogP contribution in [0.1, 0.15) is 35.3 Å². The third-order valence-corrected chi connectivity index (χ3v) is 9.04. The molecule has 0 spiro atoms. The van der Waals surface area contributed by atoms with E-state index in [2.05, 4.69) is 23.7 Å². The number of carbonyl (C=O) groups is 1. The Hall–Kier alpha value is -2.30. The Morgan fingerprint density at radius 2 is 1.94 bits per heavy atom. The van der Waals surface area contributed by atoms with Crippen LogP contribution in [0.3, 0.4) is 0 Å². The summed E-state index contributed by atoms with van der Waals surface area (Å²) in [5.41, 5.74) is 3.68. The van der Waals surface area contributed by atoms with Crippen molar-refractivity contribution >= 4 is 66.7 Å². The van der Waals surface area contributed by atoms with E-state index in [4.69, 9.17) is 31.0 Å². The van der Waals surface area contributed by atoms with Gasteiger partial charge in [0.05, 0.1) is 41.4 Å². The summed E-state index contributed by atoms with van der Waals surface area (Å²) in [5, 5.41) is 2.51. The van der Waals surface area contributed by atoms with Crippen molar-refractivity contribution in [2.24, 2.45) is 0 Å². The van der Waals surface area contributed by atoms with Crippen molar-refractivity contribution < 1.29 is 14.3 Å². The predicted octanol–water partition coefficient (Wildman–Crippen LogP) is 5.56. The van der Waals surface area contributed by atoms with E-state index in [0.29, 0.717) is 30.4 Å². The average Bonchev–Trinajstić information content (AvgIpc) is 3.26. The van der Waals surface area contributed by atoms with Gasteiger partial charge >= 0.3 is 0 Å². The number of aromatic nitrogens is 3. The minimum absolute atomic E-state index is 0.0357. The minimum atomic E-state index is -0.270. The maximum atomic E-state index is 12.8. The number of thioether (sulfide) groups is 1. The molecule has 0 aliphatic carbocycles. The number of ether oxygens (including phenoxy) is 2. The zero-order valence-electron chi connectivity index (χ0n) is 20.0. The van der Waals surface area contributed by atoms with Gasteiger partial charge in [0.25, 0.3) is 0 Å². The van der Waals surface area contributed by atoms with Crippen molar-refractivity contribution in [1.82, 2.24) is 15.0 Å². The minimum Gasteiger partial charge on any atom is -0.378 e. The normalized spacial score (nSPS) is 17.5. The van der Waals surface area contributed by atoms with Gasteiger partial charge in [0.1, 0.15) is 22.0 Å². The fourth-order valence-electron chi connectivity index (χ4n) is 4.76.